The monoisotopic (exact) mass is 290 g/mol. The fourth-order valence-corrected chi connectivity index (χ4v) is 2.48. The van der Waals surface area contributed by atoms with Crippen molar-refractivity contribution in [1.29, 1.82) is 0 Å². The van der Waals surface area contributed by atoms with Gasteiger partial charge in [-0.25, -0.2) is 0 Å². The Hall–Kier alpha value is -1.66. The average Bonchev–Trinajstić information content (AvgIpc) is 3.10. The van der Waals surface area contributed by atoms with Crippen molar-refractivity contribution in [3.05, 3.63) is 35.4 Å². The topological polar surface area (TPSA) is 73.7 Å². The molecule has 2 atom stereocenters. The minimum atomic E-state index is 0.0198. The minimum Gasteiger partial charge on any atom is -0.271 e. The van der Waals surface area contributed by atoms with Crippen LogP contribution in [0.4, 0.5) is 0 Å². The number of hydrogen-bond acceptors (Lipinski definition) is 4. The number of nitrogens with zero attached hydrogens (tertiary/aromatic N) is 4. The highest BCUT2D eigenvalue weighted by Crippen LogP contribution is 2.19. The molecule has 0 aromatic carbocycles. The van der Waals surface area contributed by atoms with Crippen molar-refractivity contribution in [3.8, 4) is 0 Å². The van der Waals surface area contributed by atoms with E-state index in [1.54, 1.807) is 0 Å². The molecule has 2 aromatic heterocycles. The van der Waals surface area contributed by atoms with Gasteiger partial charge in [0.05, 0.1) is 23.1 Å². The SMILES string of the molecule is CCC(C)n1ccc(CC(NN)c2cc(C)nn2CC)n1. The van der Waals surface area contributed by atoms with E-state index in [0.717, 1.165) is 36.5 Å². The smallest absolute Gasteiger partial charge is 0.0685 e. The van der Waals surface area contributed by atoms with Gasteiger partial charge in [-0.1, -0.05) is 6.92 Å². The molecule has 6 nitrogen and oxygen atoms in total. The molecule has 0 amide bonds. The molecule has 0 aliphatic rings. The maximum absolute atomic E-state index is 5.75. The lowest BCUT2D eigenvalue weighted by atomic mass is 10.1. The van der Waals surface area contributed by atoms with Crippen LogP contribution in [0.15, 0.2) is 18.3 Å². The van der Waals surface area contributed by atoms with Gasteiger partial charge in [-0.15, -0.1) is 0 Å². The molecule has 0 saturated carbocycles. The van der Waals surface area contributed by atoms with Gasteiger partial charge < -0.3 is 0 Å². The lowest BCUT2D eigenvalue weighted by Crippen LogP contribution is -2.31. The van der Waals surface area contributed by atoms with Gasteiger partial charge in [-0.05, 0) is 39.3 Å². The molecule has 2 rings (SSSR count). The zero-order valence-electron chi connectivity index (χ0n) is 13.4. The minimum absolute atomic E-state index is 0.0198. The number of hydrogen-bond donors (Lipinski definition) is 2. The highest BCUT2D eigenvalue weighted by molar-refractivity contribution is 5.16. The lowest BCUT2D eigenvalue weighted by molar-refractivity contribution is 0.458. The zero-order valence-corrected chi connectivity index (χ0v) is 13.4. The van der Waals surface area contributed by atoms with Gasteiger partial charge in [0.25, 0.3) is 0 Å². The summed E-state index contributed by atoms with van der Waals surface area (Å²) >= 11 is 0. The second kappa shape index (κ2) is 6.87. The van der Waals surface area contributed by atoms with Gasteiger partial charge in [-0.3, -0.25) is 20.6 Å². The van der Waals surface area contributed by atoms with Crippen LogP contribution in [0.2, 0.25) is 0 Å². The summed E-state index contributed by atoms with van der Waals surface area (Å²) in [5.41, 5.74) is 6.06. The molecule has 2 unspecified atom stereocenters. The van der Waals surface area contributed by atoms with Crippen LogP contribution in [0.5, 0.6) is 0 Å². The number of nitrogens with two attached hydrogens (primary N) is 1. The van der Waals surface area contributed by atoms with Crippen molar-refractivity contribution in [1.82, 2.24) is 25.0 Å². The van der Waals surface area contributed by atoms with Gasteiger partial charge in [-0.2, -0.15) is 10.2 Å². The number of nitrogens with one attached hydrogen (secondary N) is 1. The summed E-state index contributed by atoms with van der Waals surface area (Å²) in [5, 5.41) is 9.13. The number of rotatable bonds is 7. The van der Waals surface area contributed by atoms with Crippen LogP contribution >= 0.6 is 0 Å². The predicted octanol–water partition coefficient (Wildman–Crippen LogP) is 2.13. The molecular weight excluding hydrogens is 264 g/mol. The molecule has 21 heavy (non-hydrogen) atoms. The number of aryl methyl sites for hydroxylation is 2. The fraction of sp³-hybridized carbons (Fsp3) is 0.600. The van der Waals surface area contributed by atoms with E-state index in [9.17, 15) is 0 Å². The molecule has 0 spiro atoms. The van der Waals surface area contributed by atoms with E-state index in [2.05, 4.69) is 48.5 Å². The van der Waals surface area contributed by atoms with E-state index in [1.165, 1.54) is 0 Å². The summed E-state index contributed by atoms with van der Waals surface area (Å²) in [6, 6.07) is 4.59. The Morgan fingerprint density at radius 1 is 1.33 bits per heavy atom. The van der Waals surface area contributed by atoms with Crippen molar-refractivity contribution >= 4 is 0 Å². The third kappa shape index (κ3) is 3.51. The third-order valence-corrected chi connectivity index (χ3v) is 3.91. The Kier molecular flexibility index (Phi) is 5.14. The average molecular weight is 290 g/mol. The molecule has 116 valence electrons. The summed E-state index contributed by atoms with van der Waals surface area (Å²) in [7, 11) is 0. The number of hydrazine groups is 1. The largest absolute Gasteiger partial charge is 0.271 e. The van der Waals surface area contributed by atoms with E-state index >= 15 is 0 Å². The molecular formula is C15H26N6. The summed E-state index contributed by atoms with van der Waals surface area (Å²) in [6.45, 7) is 9.26. The molecule has 0 bridgehead atoms. The van der Waals surface area contributed by atoms with Crippen molar-refractivity contribution < 1.29 is 0 Å². The van der Waals surface area contributed by atoms with Crippen LogP contribution in [0.1, 0.15) is 56.4 Å². The summed E-state index contributed by atoms with van der Waals surface area (Å²) in [4.78, 5) is 0. The summed E-state index contributed by atoms with van der Waals surface area (Å²) in [5.74, 6) is 5.75. The first-order valence-electron chi connectivity index (χ1n) is 7.63. The highest BCUT2D eigenvalue weighted by Gasteiger charge is 2.18. The van der Waals surface area contributed by atoms with Crippen molar-refractivity contribution in [2.24, 2.45) is 5.84 Å². The first-order valence-corrected chi connectivity index (χ1v) is 7.63. The zero-order chi connectivity index (χ0) is 15.4. The Morgan fingerprint density at radius 3 is 2.71 bits per heavy atom. The van der Waals surface area contributed by atoms with Gasteiger partial charge in [0.2, 0.25) is 0 Å². The van der Waals surface area contributed by atoms with Crippen LogP contribution < -0.4 is 11.3 Å². The van der Waals surface area contributed by atoms with Crippen molar-refractivity contribution in [2.75, 3.05) is 0 Å². The molecule has 0 aliphatic heterocycles. The van der Waals surface area contributed by atoms with Crippen LogP contribution in [-0.2, 0) is 13.0 Å². The van der Waals surface area contributed by atoms with E-state index in [0.29, 0.717) is 6.04 Å². The van der Waals surface area contributed by atoms with E-state index < -0.39 is 0 Å². The van der Waals surface area contributed by atoms with Crippen LogP contribution in [0.3, 0.4) is 0 Å². The van der Waals surface area contributed by atoms with Gasteiger partial charge in [0.15, 0.2) is 0 Å². The molecule has 2 aromatic rings. The fourth-order valence-electron chi connectivity index (χ4n) is 2.48. The predicted molar refractivity (Wildman–Crippen MR) is 83.6 cm³/mol. The van der Waals surface area contributed by atoms with Gasteiger partial charge in [0, 0.05) is 25.2 Å². The molecule has 0 fully saturated rings. The van der Waals surface area contributed by atoms with E-state index in [1.807, 2.05) is 22.5 Å². The molecule has 0 aliphatic carbocycles. The van der Waals surface area contributed by atoms with E-state index in [4.69, 9.17) is 5.84 Å². The Bertz CT molecular complexity index is 570. The Labute approximate surface area is 126 Å². The first kappa shape index (κ1) is 15.7. The lowest BCUT2D eigenvalue weighted by Gasteiger charge is -2.16. The Morgan fingerprint density at radius 2 is 2.10 bits per heavy atom. The maximum atomic E-state index is 5.75. The third-order valence-electron chi connectivity index (χ3n) is 3.91. The molecule has 2 heterocycles. The van der Waals surface area contributed by atoms with Crippen LogP contribution in [-0.4, -0.2) is 19.6 Å². The standard InChI is InChI=1S/C15H26N6/c1-5-12(4)21-8-7-13(19-21)10-14(17-16)15-9-11(3)18-20(15)6-2/h7-9,12,14,17H,5-6,10,16H2,1-4H3. The number of aromatic nitrogens is 4. The van der Waals surface area contributed by atoms with Crippen LogP contribution in [0.25, 0.3) is 0 Å². The summed E-state index contributed by atoms with van der Waals surface area (Å²) < 4.78 is 4.01. The maximum Gasteiger partial charge on any atom is 0.0685 e. The van der Waals surface area contributed by atoms with Crippen molar-refractivity contribution in [2.45, 2.75) is 59.2 Å². The van der Waals surface area contributed by atoms with Gasteiger partial charge in [0.1, 0.15) is 0 Å². The Balaban J connectivity index is 2.17. The van der Waals surface area contributed by atoms with Crippen LogP contribution in [0, 0.1) is 6.92 Å². The molecule has 3 N–H and O–H groups in total. The first-order chi connectivity index (χ1) is 10.1. The van der Waals surface area contributed by atoms with Gasteiger partial charge >= 0.3 is 0 Å². The van der Waals surface area contributed by atoms with Crippen molar-refractivity contribution in [3.63, 3.8) is 0 Å². The van der Waals surface area contributed by atoms with E-state index in [-0.39, 0.29) is 6.04 Å². The molecule has 0 saturated heterocycles. The normalized spacial score (nSPS) is 14.3. The second-order valence-electron chi connectivity index (χ2n) is 5.49. The molecule has 0 radical (unpaired) electrons. The highest BCUT2D eigenvalue weighted by atomic mass is 15.3. The molecule has 6 heteroatoms. The summed E-state index contributed by atoms with van der Waals surface area (Å²) in [6.07, 6.45) is 3.87. The quantitative estimate of drug-likeness (QED) is 0.605. The second-order valence-corrected chi connectivity index (χ2v) is 5.49.